The SMILES string of the molecule is CC(=NO)N1C(=O)c2ccccc2C1=O. The fraction of sp³-hybridized carbons (Fsp3) is 0.100. The van der Waals surface area contributed by atoms with Gasteiger partial charge in [0.05, 0.1) is 11.1 Å². The minimum absolute atomic E-state index is 0.0267. The van der Waals surface area contributed by atoms with Gasteiger partial charge in [-0.05, 0) is 19.1 Å². The zero-order valence-electron chi connectivity index (χ0n) is 7.97. The number of nitrogens with zero attached hydrogens (tertiary/aromatic N) is 2. The summed E-state index contributed by atoms with van der Waals surface area (Å²) in [6.45, 7) is 1.39. The second kappa shape index (κ2) is 3.20. The Kier molecular flexibility index (Phi) is 2.00. The summed E-state index contributed by atoms with van der Waals surface area (Å²) in [5.41, 5.74) is 0.677. The van der Waals surface area contributed by atoms with Crippen molar-refractivity contribution in [2.24, 2.45) is 5.16 Å². The first-order valence-corrected chi connectivity index (χ1v) is 4.33. The van der Waals surface area contributed by atoms with E-state index >= 15 is 0 Å². The molecule has 0 aromatic heterocycles. The number of carbonyl (C=O) groups excluding carboxylic acids is 2. The van der Waals surface area contributed by atoms with E-state index in [1.54, 1.807) is 24.3 Å². The van der Waals surface area contributed by atoms with Gasteiger partial charge in [0.2, 0.25) is 0 Å². The molecule has 1 N–H and O–H groups in total. The van der Waals surface area contributed by atoms with E-state index < -0.39 is 11.8 Å². The molecule has 0 bridgehead atoms. The molecule has 0 unspecified atom stereocenters. The third-order valence-electron chi connectivity index (χ3n) is 2.26. The first-order chi connectivity index (χ1) is 7.16. The molecule has 5 nitrogen and oxygen atoms in total. The largest absolute Gasteiger partial charge is 0.409 e. The number of amidine groups is 1. The lowest BCUT2D eigenvalue weighted by atomic mass is 10.1. The van der Waals surface area contributed by atoms with Crippen LogP contribution in [0.3, 0.4) is 0 Å². The van der Waals surface area contributed by atoms with Crippen LogP contribution in [0.5, 0.6) is 0 Å². The highest BCUT2D eigenvalue weighted by molar-refractivity contribution is 6.29. The van der Waals surface area contributed by atoms with Crippen LogP contribution in [0.15, 0.2) is 29.4 Å². The molecule has 1 aliphatic rings. The van der Waals surface area contributed by atoms with Crippen molar-refractivity contribution in [3.8, 4) is 0 Å². The summed E-state index contributed by atoms with van der Waals surface area (Å²) < 4.78 is 0. The molecule has 15 heavy (non-hydrogen) atoms. The molecule has 0 radical (unpaired) electrons. The van der Waals surface area contributed by atoms with Crippen LogP contribution in [-0.2, 0) is 0 Å². The maximum Gasteiger partial charge on any atom is 0.267 e. The number of benzene rings is 1. The van der Waals surface area contributed by atoms with E-state index in [1.807, 2.05) is 0 Å². The number of rotatable bonds is 0. The molecule has 1 heterocycles. The second-order valence-corrected chi connectivity index (χ2v) is 3.14. The van der Waals surface area contributed by atoms with Crippen molar-refractivity contribution in [2.75, 3.05) is 0 Å². The number of hydrogen-bond acceptors (Lipinski definition) is 4. The smallest absolute Gasteiger partial charge is 0.267 e. The molecule has 1 aromatic carbocycles. The van der Waals surface area contributed by atoms with Crippen LogP contribution in [-0.4, -0.2) is 27.8 Å². The predicted molar refractivity (Wildman–Crippen MR) is 51.8 cm³/mol. The summed E-state index contributed by atoms with van der Waals surface area (Å²) in [6, 6.07) is 6.50. The van der Waals surface area contributed by atoms with Gasteiger partial charge in [0.15, 0.2) is 5.84 Å². The van der Waals surface area contributed by atoms with Gasteiger partial charge in [0.25, 0.3) is 11.8 Å². The van der Waals surface area contributed by atoms with Crippen LogP contribution in [0.25, 0.3) is 0 Å². The molecule has 2 rings (SSSR count). The van der Waals surface area contributed by atoms with Crippen molar-refractivity contribution in [3.05, 3.63) is 35.4 Å². The van der Waals surface area contributed by atoms with Crippen molar-refractivity contribution in [1.29, 1.82) is 0 Å². The second-order valence-electron chi connectivity index (χ2n) is 3.14. The molecule has 5 heteroatoms. The van der Waals surface area contributed by atoms with Gasteiger partial charge in [-0.3, -0.25) is 9.59 Å². The van der Waals surface area contributed by atoms with Gasteiger partial charge in [0.1, 0.15) is 0 Å². The minimum Gasteiger partial charge on any atom is -0.409 e. The minimum atomic E-state index is -0.453. The Balaban J connectivity index is 2.55. The predicted octanol–water partition coefficient (Wildman–Crippen LogP) is 1.09. The molecule has 0 aliphatic carbocycles. The van der Waals surface area contributed by atoms with Gasteiger partial charge in [0, 0.05) is 0 Å². The monoisotopic (exact) mass is 204 g/mol. The Labute approximate surface area is 85.6 Å². The Morgan fingerprint density at radius 1 is 1.20 bits per heavy atom. The molecular formula is C10H8N2O3. The van der Waals surface area contributed by atoms with Gasteiger partial charge >= 0.3 is 0 Å². The summed E-state index contributed by atoms with van der Waals surface area (Å²) in [5, 5.41) is 11.4. The first-order valence-electron chi connectivity index (χ1n) is 4.33. The number of amides is 2. The average molecular weight is 204 g/mol. The van der Waals surface area contributed by atoms with Crippen molar-refractivity contribution < 1.29 is 14.8 Å². The lowest BCUT2D eigenvalue weighted by molar-refractivity contribution is 0.0742. The third-order valence-corrected chi connectivity index (χ3v) is 2.26. The number of hydrogen-bond donors (Lipinski definition) is 1. The van der Waals surface area contributed by atoms with Gasteiger partial charge in [-0.25, -0.2) is 4.90 Å². The van der Waals surface area contributed by atoms with Crippen LogP contribution >= 0.6 is 0 Å². The van der Waals surface area contributed by atoms with Gasteiger partial charge in [-0.2, -0.15) is 0 Å². The fourth-order valence-corrected chi connectivity index (χ4v) is 1.53. The molecule has 1 aliphatic heterocycles. The molecule has 0 spiro atoms. The van der Waals surface area contributed by atoms with E-state index in [4.69, 9.17) is 5.21 Å². The van der Waals surface area contributed by atoms with Crippen molar-refractivity contribution in [2.45, 2.75) is 6.92 Å². The standard InChI is InChI=1S/C10H8N2O3/c1-6(11-15)12-9(13)7-4-2-3-5-8(7)10(12)14/h2-5,15H,1H3. The molecule has 0 saturated heterocycles. The van der Waals surface area contributed by atoms with E-state index in [0.717, 1.165) is 4.90 Å². The number of fused-ring (bicyclic) bond motifs is 1. The highest BCUT2D eigenvalue weighted by Gasteiger charge is 2.37. The van der Waals surface area contributed by atoms with Crippen LogP contribution in [0.1, 0.15) is 27.6 Å². The summed E-state index contributed by atoms with van der Waals surface area (Å²) in [7, 11) is 0. The zero-order chi connectivity index (χ0) is 11.0. The van der Waals surface area contributed by atoms with Gasteiger partial charge < -0.3 is 5.21 Å². The van der Waals surface area contributed by atoms with E-state index in [9.17, 15) is 9.59 Å². The van der Waals surface area contributed by atoms with E-state index in [2.05, 4.69) is 5.16 Å². The van der Waals surface area contributed by atoms with E-state index in [1.165, 1.54) is 6.92 Å². The van der Waals surface area contributed by atoms with Crippen LogP contribution in [0.4, 0.5) is 0 Å². The molecule has 1 aromatic rings. The third kappa shape index (κ3) is 1.20. The zero-order valence-corrected chi connectivity index (χ0v) is 7.97. The highest BCUT2D eigenvalue weighted by atomic mass is 16.4. The maximum atomic E-state index is 11.7. The van der Waals surface area contributed by atoms with Crippen LogP contribution in [0.2, 0.25) is 0 Å². The quantitative estimate of drug-likeness (QED) is 0.226. The van der Waals surface area contributed by atoms with E-state index in [-0.39, 0.29) is 5.84 Å². The molecule has 0 fully saturated rings. The lowest BCUT2D eigenvalue weighted by Gasteiger charge is -2.10. The Bertz CT molecular complexity index is 444. The molecule has 76 valence electrons. The van der Waals surface area contributed by atoms with Crippen LogP contribution in [0, 0.1) is 0 Å². The molecule has 0 saturated carbocycles. The van der Waals surface area contributed by atoms with Crippen molar-refractivity contribution in [1.82, 2.24) is 4.90 Å². The summed E-state index contributed by atoms with van der Waals surface area (Å²) in [6.07, 6.45) is 0. The average Bonchev–Trinajstić information content (AvgIpc) is 2.52. The first kappa shape index (κ1) is 9.39. The van der Waals surface area contributed by atoms with Crippen molar-refractivity contribution in [3.63, 3.8) is 0 Å². The summed E-state index contributed by atoms with van der Waals surface area (Å²) >= 11 is 0. The van der Waals surface area contributed by atoms with Gasteiger partial charge in [-0.1, -0.05) is 17.3 Å². The maximum absolute atomic E-state index is 11.7. The summed E-state index contributed by atoms with van der Waals surface area (Å²) in [5.74, 6) is -0.932. The molecular weight excluding hydrogens is 196 g/mol. The fourth-order valence-electron chi connectivity index (χ4n) is 1.53. The van der Waals surface area contributed by atoms with Crippen LogP contribution < -0.4 is 0 Å². The number of imide groups is 1. The topological polar surface area (TPSA) is 70.0 Å². The molecule has 2 amide bonds. The Morgan fingerprint density at radius 3 is 2.07 bits per heavy atom. The molecule has 0 atom stereocenters. The van der Waals surface area contributed by atoms with Crippen molar-refractivity contribution >= 4 is 17.6 Å². The van der Waals surface area contributed by atoms with Gasteiger partial charge in [-0.15, -0.1) is 0 Å². The normalized spacial score (nSPS) is 15.8. The highest BCUT2D eigenvalue weighted by Crippen LogP contribution is 2.22. The van der Waals surface area contributed by atoms with E-state index in [0.29, 0.717) is 11.1 Å². The Morgan fingerprint density at radius 2 is 1.67 bits per heavy atom. The summed E-state index contributed by atoms with van der Waals surface area (Å²) in [4.78, 5) is 24.3. The number of oxime groups is 1. The lowest BCUT2D eigenvalue weighted by Crippen LogP contribution is -2.34. The Hall–Kier alpha value is -2.17. The number of carbonyl (C=O) groups is 2.